The van der Waals surface area contributed by atoms with Crippen molar-refractivity contribution in [3.8, 4) is 0 Å². The first-order valence-corrected chi connectivity index (χ1v) is 9.94. The van der Waals surface area contributed by atoms with Crippen LogP contribution in [0.3, 0.4) is 0 Å². The van der Waals surface area contributed by atoms with Gasteiger partial charge in [0.25, 0.3) is 0 Å². The number of amides is 1. The molecule has 4 rings (SSSR count). The summed E-state index contributed by atoms with van der Waals surface area (Å²) < 4.78 is 0. The first-order chi connectivity index (χ1) is 12.2. The molecule has 136 valence electrons. The first kappa shape index (κ1) is 17.0. The minimum Gasteiger partial charge on any atom is -0.396 e. The molecule has 4 heteroatoms. The van der Waals surface area contributed by atoms with E-state index >= 15 is 0 Å². The van der Waals surface area contributed by atoms with Crippen molar-refractivity contribution in [1.29, 1.82) is 0 Å². The Kier molecular flexibility index (Phi) is 5.09. The average Bonchev–Trinajstić information content (AvgIpc) is 3.26. The largest absolute Gasteiger partial charge is 0.396 e. The minimum absolute atomic E-state index is 0.230. The number of aliphatic hydroxyl groups excluding tert-OH is 1. The Morgan fingerprint density at radius 3 is 2.68 bits per heavy atom. The molecule has 25 heavy (non-hydrogen) atoms. The van der Waals surface area contributed by atoms with Crippen LogP contribution in [0.4, 0.5) is 5.69 Å². The highest BCUT2D eigenvalue weighted by Gasteiger charge is 2.43. The summed E-state index contributed by atoms with van der Waals surface area (Å²) in [7, 11) is 0. The monoisotopic (exact) mass is 342 g/mol. The molecule has 1 aliphatic heterocycles. The number of anilines is 1. The van der Waals surface area contributed by atoms with Crippen LogP contribution >= 0.6 is 0 Å². The maximum atomic E-state index is 12.6. The Balaban J connectivity index is 1.33. The van der Waals surface area contributed by atoms with Gasteiger partial charge in [-0.2, -0.15) is 0 Å². The molecule has 3 atom stereocenters. The lowest BCUT2D eigenvalue weighted by Crippen LogP contribution is -2.34. The second-order valence-electron chi connectivity index (χ2n) is 8.37. The molecular formula is C21H30N2O2. The molecular weight excluding hydrogens is 312 g/mol. The lowest BCUT2D eigenvalue weighted by atomic mass is 9.88. The number of nitrogens with zero attached hydrogens (tertiary/aromatic N) is 1. The Morgan fingerprint density at radius 2 is 2.00 bits per heavy atom. The van der Waals surface area contributed by atoms with Gasteiger partial charge in [0, 0.05) is 24.8 Å². The summed E-state index contributed by atoms with van der Waals surface area (Å²) in [6.07, 6.45) is 7.09. The number of nitrogens with one attached hydrogen (secondary N) is 1. The molecule has 3 aliphatic rings. The number of hydrogen-bond donors (Lipinski definition) is 2. The van der Waals surface area contributed by atoms with Gasteiger partial charge in [-0.05, 0) is 80.6 Å². The van der Waals surface area contributed by atoms with E-state index in [0.29, 0.717) is 18.4 Å². The fraction of sp³-hybridized carbons (Fsp3) is 0.667. The topological polar surface area (TPSA) is 52.6 Å². The number of carbonyl (C=O) groups is 1. The first-order valence-electron chi connectivity index (χ1n) is 9.94. The predicted octanol–water partition coefficient (Wildman–Crippen LogP) is 3.27. The number of fused-ring (bicyclic) bond motifs is 2. The number of likely N-dealkylation sites (tertiary alicyclic amines) is 1. The van der Waals surface area contributed by atoms with Gasteiger partial charge in [0.1, 0.15) is 0 Å². The van der Waals surface area contributed by atoms with Gasteiger partial charge in [-0.15, -0.1) is 0 Å². The maximum absolute atomic E-state index is 12.6. The number of piperidine rings is 1. The number of rotatable bonds is 5. The van der Waals surface area contributed by atoms with Crippen LogP contribution in [-0.2, 0) is 11.3 Å². The van der Waals surface area contributed by atoms with Crippen molar-refractivity contribution in [2.24, 2.45) is 23.7 Å². The van der Waals surface area contributed by atoms with Gasteiger partial charge < -0.3 is 10.4 Å². The van der Waals surface area contributed by atoms with Crippen molar-refractivity contribution in [3.05, 3.63) is 29.8 Å². The highest BCUT2D eigenvalue weighted by atomic mass is 16.3. The maximum Gasteiger partial charge on any atom is 0.227 e. The molecule has 4 nitrogen and oxygen atoms in total. The molecule has 1 heterocycles. The highest BCUT2D eigenvalue weighted by molar-refractivity contribution is 5.93. The summed E-state index contributed by atoms with van der Waals surface area (Å²) in [5, 5.41) is 12.4. The van der Waals surface area contributed by atoms with Crippen molar-refractivity contribution >= 4 is 11.6 Å². The minimum atomic E-state index is 0.230. The summed E-state index contributed by atoms with van der Waals surface area (Å²) in [5.74, 6) is 2.37. The Hall–Kier alpha value is -1.39. The van der Waals surface area contributed by atoms with Crippen LogP contribution in [0, 0.1) is 23.7 Å². The normalized spacial score (nSPS) is 29.9. The zero-order valence-electron chi connectivity index (χ0n) is 15.0. The molecule has 2 bridgehead atoms. The fourth-order valence-corrected chi connectivity index (χ4v) is 5.13. The van der Waals surface area contributed by atoms with E-state index in [-0.39, 0.29) is 11.8 Å². The lowest BCUT2D eigenvalue weighted by molar-refractivity contribution is -0.121. The molecule has 1 saturated heterocycles. The van der Waals surface area contributed by atoms with Gasteiger partial charge in [-0.3, -0.25) is 9.69 Å². The van der Waals surface area contributed by atoms with E-state index in [0.717, 1.165) is 50.5 Å². The van der Waals surface area contributed by atoms with Crippen LogP contribution in [0.25, 0.3) is 0 Å². The molecule has 2 saturated carbocycles. The summed E-state index contributed by atoms with van der Waals surface area (Å²) in [4.78, 5) is 15.1. The number of hydrogen-bond acceptors (Lipinski definition) is 3. The second-order valence-corrected chi connectivity index (χ2v) is 8.37. The van der Waals surface area contributed by atoms with Crippen LogP contribution in [0.5, 0.6) is 0 Å². The number of carbonyl (C=O) groups excluding carboxylic acids is 1. The van der Waals surface area contributed by atoms with E-state index in [1.54, 1.807) is 0 Å². The third-order valence-electron chi connectivity index (χ3n) is 6.64. The van der Waals surface area contributed by atoms with Crippen LogP contribution in [0.1, 0.15) is 44.1 Å². The molecule has 1 amide bonds. The predicted molar refractivity (Wildman–Crippen MR) is 99.1 cm³/mol. The zero-order chi connectivity index (χ0) is 17.2. The quantitative estimate of drug-likeness (QED) is 0.863. The molecule has 1 aromatic carbocycles. The van der Waals surface area contributed by atoms with E-state index in [2.05, 4.69) is 22.3 Å². The zero-order valence-corrected chi connectivity index (χ0v) is 15.0. The van der Waals surface area contributed by atoms with E-state index < -0.39 is 0 Å². The van der Waals surface area contributed by atoms with Crippen molar-refractivity contribution in [1.82, 2.24) is 4.90 Å². The standard InChI is InChI=1S/C21H30N2O2/c24-14-15-6-8-23(9-7-15)13-17-2-1-3-19(11-17)22-21(25)20-12-16-4-5-18(20)10-16/h1-3,11,15-16,18,20,24H,4-10,12-14H2,(H,22,25). The highest BCUT2D eigenvalue weighted by Crippen LogP contribution is 2.48. The molecule has 1 aromatic rings. The van der Waals surface area contributed by atoms with Crippen molar-refractivity contribution in [3.63, 3.8) is 0 Å². The summed E-state index contributed by atoms with van der Waals surface area (Å²) >= 11 is 0. The van der Waals surface area contributed by atoms with Gasteiger partial charge in [0.15, 0.2) is 0 Å². The van der Waals surface area contributed by atoms with Gasteiger partial charge in [0.2, 0.25) is 5.91 Å². The van der Waals surface area contributed by atoms with Crippen LogP contribution in [0.15, 0.2) is 24.3 Å². The van der Waals surface area contributed by atoms with Gasteiger partial charge in [0.05, 0.1) is 0 Å². The van der Waals surface area contributed by atoms with Crippen molar-refractivity contribution < 1.29 is 9.90 Å². The number of benzene rings is 1. The smallest absolute Gasteiger partial charge is 0.227 e. The fourth-order valence-electron chi connectivity index (χ4n) is 5.13. The molecule has 2 N–H and O–H groups in total. The third-order valence-corrected chi connectivity index (χ3v) is 6.64. The molecule has 0 radical (unpaired) electrons. The van der Waals surface area contributed by atoms with Gasteiger partial charge in [-0.1, -0.05) is 18.6 Å². The summed E-state index contributed by atoms with van der Waals surface area (Å²) in [6, 6.07) is 8.33. The van der Waals surface area contributed by atoms with Crippen molar-refractivity contribution in [2.45, 2.75) is 45.1 Å². The third kappa shape index (κ3) is 3.90. The molecule has 3 unspecified atom stereocenters. The van der Waals surface area contributed by atoms with Gasteiger partial charge >= 0.3 is 0 Å². The van der Waals surface area contributed by atoms with Crippen LogP contribution in [0.2, 0.25) is 0 Å². The van der Waals surface area contributed by atoms with E-state index in [4.69, 9.17) is 0 Å². The second kappa shape index (κ2) is 7.46. The Labute approximate surface area is 150 Å². The molecule has 3 fully saturated rings. The van der Waals surface area contributed by atoms with Crippen LogP contribution < -0.4 is 5.32 Å². The lowest BCUT2D eigenvalue weighted by Gasteiger charge is -2.31. The summed E-state index contributed by atoms with van der Waals surface area (Å²) in [5.41, 5.74) is 2.20. The van der Waals surface area contributed by atoms with Crippen LogP contribution in [-0.4, -0.2) is 35.6 Å². The van der Waals surface area contributed by atoms with Crippen molar-refractivity contribution in [2.75, 3.05) is 25.0 Å². The number of aliphatic hydroxyl groups is 1. The van der Waals surface area contributed by atoms with Gasteiger partial charge in [-0.25, -0.2) is 0 Å². The molecule has 0 aromatic heterocycles. The molecule has 0 spiro atoms. The van der Waals surface area contributed by atoms with E-state index in [1.165, 1.54) is 24.8 Å². The van der Waals surface area contributed by atoms with E-state index in [1.807, 2.05) is 12.1 Å². The van der Waals surface area contributed by atoms with E-state index in [9.17, 15) is 9.90 Å². The SMILES string of the molecule is O=C(Nc1cccc(CN2CCC(CO)CC2)c1)C1CC2CCC1C2. The summed E-state index contributed by atoms with van der Waals surface area (Å²) in [6.45, 7) is 3.34. The Morgan fingerprint density at radius 1 is 1.16 bits per heavy atom. The molecule has 2 aliphatic carbocycles. The Bertz CT molecular complexity index is 610. The average molecular weight is 342 g/mol.